The van der Waals surface area contributed by atoms with Crippen molar-refractivity contribution in [2.45, 2.75) is 32.9 Å². The van der Waals surface area contributed by atoms with Crippen LogP contribution in [0.15, 0.2) is 12.4 Å². The molecule has 0 saturated carbocycles. The first-order chi connectivity index (χ1) is 8.15. The molecule has 1 aromatic rings. The number of rotatable bonds is 7. The van der Waals surface area contributed by atoms with Crippen molar-refractivity contribution >= 4 is 5.91 Å². The SMILES string of the molecule is CCCNCc1nccn1CCC(=O)N(C)C. The largest absolute Gasteiger partial charge is 0.349 e. The smallest absolute Gasteiger partial charge is 0.223 e. The Morgan fingerprint density at radius 1 is 1.53 bits per heavy atom. The molecule has 5 nitrogen and oxygen atoms in total. The molecular formula is C12H22N4O. The summed E-state index contributed by atoms with van der Waals surface area (Å²) in [7, 11) is 3.56. The van der Waals surface area contributed by atoms with Crippen molar-refractivity contribution in [3.8, 4) is 0 Å². The van der Waals surface area contributed by atoms with E-state index in [-0.39, 0.29) is 5.91 Å². The standard InChI is InChI=1S/C12H22N4O/c1-4-6-13-10-11-14-7-9-16(11)8-5-12(17)15(2)3/h7,9,13H,4-6,8,10H2,1-3H3. The molecule has 5 heteroatoms. The highest BCUT2D eigenvalue weighted by Crippen LogP contribution is 2.00. The molecule has 0 spiro atoms. The van der Waals surface area contributed by atoms with Crippen molar-refractivity contribution in [1.29, 1.82) is 0 Å². The number of aromatic nitrogens is 2. The molecule has 1 rings (SSSR count). The number of hydrogen-bond donors (Lipinski definition) is 1. The van der Waals surface area contributed by atoms with Crippen LogP contribution in [0.5, 0.6) is 0 Å². The van der Waals surface area contributed by atoms with Crippen LogP contribution in [0.25, 0.3) is 0 Å². The second-order valence-electron chi connectivity index (χ2n) is 4.25. The predicted octanol–water partition coefficient (Wildman–Crippen LogP) is 0.861. The predicted molar refractivity (Wildman–Crippen MR) is 67.5 cm³/mol. The summed E-state index contributed by atoms with van der Waals surface area (Å²) in [5, 5.41) is 3.31. The normalized spacial score (nSPS) is 10.5. The van der Waals surface area contributed by atoms with E-state index >= 15 is 0 Å². The van der Waals surface area contributed by atoms with Crippen molar-refractivity contribution in [3.63, 3.8) is 0 Å². The van der Waals surface area contributed by atoms with Crippen molar-refractivity contribution in [3.05, 3.63) is 18.2 Å². The third-order valence-electron chi connectivity index (χ3n) is 2.58. The van der Waals surface area contributed by atoms with Gasteiger partial charge >= 0.3 is 0 Å². The quantitative estimate of drug-likeness (QED) is 0.717. The van der Waals surface area contributed by atoms with E-state index in [1.54, 1.807) is 25.2 Å². The maximum atomic E-state index is 11.5. The first-order valence-electron chi connectivity index (χ1n) is 6.06. The Morgan fingerprint density at radius 2 is 2.29 bits per heavy atom. The Labute approximate surface area is 103 Å². The lowest BCUT2D eigenvalue weighted by atomic mass is 10.3. The molecule has 96 valence electrons. The molecule has 1 N–H and O–H groups in total. The van der Waals surface area contributed by atoms with E-state index in [2.05, 4.69) is 17.2 Å². The number of nitrogens with one attached hydrogen (secondary N) is 1. The summed E-state index contributed by atoms with van der Waals surface area (Å²) in [5.41, 5.74) is 0. The Balaban J connectivity index is 2.42. The molecule has 0 aliphatic rings. The van der Waals surface area contributed by atoms with Gasteiger partial charge in [-0.1, -0.05) is 6.92 Å². The first-order valence-corrected chi connectivity index (χ1v) is 6.06. The van der Waals surface area contributed by atoms with Gasteiger partial charge in [-0.3, -0.25) is 4.79 Å². The van der Waals surface area contributed by atoms with Crippen LogP contribution in [0.2, 0.25) is 0 Å². The van der Waals surface area contributed by atoms with Gasteiger partial charge in [-0.25, -0.2) is 4.98 Å². The first kappa shape index (κ1) is 13.7. The van der Waals surface area contributed by atoms with E-state index < -0.39 is 0 Å². The molecule has 1 heterocycles. The van der Waals surface area contributed by atoms with Crippen LogP contribution in [-0.4, -0.2) is 41.0 Å². The van der Waals surface area contributed by atoms with Gasteiger partial charge in [-0.05, 0) is 13.0 Å². The summed E-state index contributed by atoms with van der Waals surface area (Å²) in [6, 6.07) is 0. The van der Waals surface area contributed by atoms with Gasteiger partial charge in [-0.2, -0.15) is 0 Å². The average molecular weight is 238 g/mol. The highest BCUT2D eigenvalue weighted by molar-refractivity contribution is 5.75. The Bertz CT molecular complexity index is 346. The number of aryl methyl sites for hydroxylation is 1. The van der Waals surface area contributed by atoms with E-state index in [1.165, 1.54) is 0 Å². The van der Waals surface area contributed by atoms with Gasteiger partial charge in [0.1, 0.15) is 5.82 Å². The molecule has 1 aromatic heterocycles. The molecular weight excluding hydrogens is 216 g/mol. The van der Waals surface area contributed by atoms with Crippen LogP contribution in [0, 0.1) is 0 Å². The van der Waals surface area contributed by atoms with E-state index in [0.717, 1.165) is 25.3 Å². The van der Waals surface area contributed by atoms with Crippen LogP contribution in [-0.2, 0) is 17.9 Å². The van der Waals surface area contributed by atoms with Crippen molar-refractivity contribution in [2.75, 3.05) is 20.6 Å². The topological polar surface area (TPSA) is 50.2 Å². The second-order valence-corrected chi connectivity index (χ2v) is 4.25. The maximum Gasteiger partial charge on any atom is 0.223 e. The molecule has 0 radical (unpaired) electrons. The van der Waals surface area contributed by atoms with E-state index in [1.807, 2.05) is 10.8 Å². The van der Waals surface area contributed by atoms with Crippen molar-refractivity contribution in [2.24, 2.45) is 0 Å². The van der Waals surface area contributed by atoms with E-state index in [0.29, 0.717) is 13.0 Å². The van der Waals surface area contributed by atoms with Crippen molar-refractivity contribution < 1.29 is 4.79 Å². The lowest BCUT2D eigenvalue weighted by Crippen LogP contribution is -2.24. The molecule has 0 atom stereocenters. The van der Waals surface area contributed by atoms with E-state index in [4.69, 9.17) is 0 Å². The molecule has 17 heavy (non-hydrogen) atoms. The van der Waals surface area contributed by atoms with Gasteiger partial charge in [0.05, 0.1) is 6.54 Å². The zero-order valence-electron chi connectivity index (χ0n) is 10.9. The van der Waals surface area contributed by atoms with Crippen LogP contribution < -0.4 is 5.32 Å². The lowest BCUT2D eigenvalue weighted by molar-refractivity contribution is -0.128. The molecule has 0 aliphatic heterocycles. The van der Waals surface area contributed by atoms with Gasteiger partial charge in [-0.15, -0.1) is 0 Å². The van der Waals surface area contributed by atoms with Gasteiger partial charge < -0.3 is 14.8 Å². The number of amides is 1. The Morgan fingerprint density at radius 3 is 2.94 bits per heavy atom. The monoisotopic (exact) mass is 238 g/mol. The number of carbonyl (C=O) groups excluding carboxylic acids is 1. The van der Waals surface area contributed by atoms with Crippen LogP contribution >= 0.6 is 0 Å². The minimum atomic E-state index is 0.145. The molecule has 0 aromatic carbocycles. The van der Waals surface area contributed by atoms with Crippen LogP contribution in [0.4, 0.5) is 0 Å². The summed E-state index contributed by atoms with van der Waals surface area (Å²) >= 11 is 0. The van der Waals surface area contributed by atoms with Crippen molar-refractivity contribution in [1.82, 2.24) is 19.8 Å². The molecule has 1 amide bonds. The van der Waals surface area contributed by atoms with Gasteiger partial charge in [0.15, 0.2) is 0 Å². The summed E-state index contributed by atoms with van der Waals surface area (Å²) < 4.78 is 2.03. The fourth-order valence-corrected chi connectivity index (χ4v) is 1.53. The fourth-order valence-electron chi connectivity index (χ4n) is 1.53. The fraction of sp³-hybridized carbons (Fsp3) is 0.667. The van der Waals surface area contributed by atoms with Gasteiger partial charge in [0.2, 0.25) is 5.91 Å². The van der Waals surface area contributed by atoms with Gasteiger partial charge in [0, 0.05) is 39.5 Å². The zero-order chi connectivity index (χ0) is 12.7. The summed E-state index contributed by atoms with van der Waals surface area (Å²) in [6.07, 6.45) is 5.33. The summed E-state index contributed by atoms with van der Waals surface area (Å²) in [5.74, 6) is 1.14. The second kappa shape index (κ2) is 7.06. The number of carbonyl (C=O) groups is 1. The molecule has 0 fully saturated rings. The molecule has 0 bridgehead atoms. The average Bonchev–Trinajstić information content (AvgIpc) is 2.74. The third-order valence-corrected chi connectivity index (χ3v) is 2.58. The van der Waals surface area contributed by atoms with Crippen LogP contribution in [0.1, 0.15) is 25.6 Å². The minimum Gasteiger partial charge on any atom is -0.349 e. The number of hydrogen-bond acceptors (Lipinski definition) is 3. The maximum absolute atomic E-state index is 11.5. The number of nitrogens with zero attached hydrogens (tertiary/aromatic N) is 3. The number of imidazole rings is 1. The lowest BCUT2D eigenvalue weighted by Gasteiger charge is -2.12. The minimum absolute atomic E-state index is 0.145. The van der Waals surface area contributed by atoms with Crippen LogP contribution in [0.3, 0.4) is 0 Å². The zero-order valence-corrected chi connectivity index (χ0v) is 10.9. The highest BCUT2D eigenvalue weighted by atomic mass is 16.2. The highest BCUT2D eigenvalue weighted by Gasteiger charge is 2.06. The molecule has 0 saturated heterocycles. The summed E-state index contributed by atoms with van der Waals surface area (Å²) in [6.45, 7) is 4.58. The van der Waals surface area contributed by atoms with E-state index in [9.17, 15) is 4.79 Å². The third kappa shape index (κ3) is 4.56. The van der Waals surface area contributed by atoms with Gasteiger partial charge in [0.25, 0.3) is 0 Å². The molecule has 0 unspecified atom stereocenters. The Hall–Kier alpha value is -1.36. The Kier molecular flexibility index (Phi) is 5.69. The molecule has 0 aliphatic carbocycles. The summed E-state index contributed by atoms with van der Waals surface area (Å²) in [4.78, 5) is 17.4.